The molecular weight excluding hydrogens is 434 g/mol. The molecule has 1 aliphatic rings. The zero-order valence-corrected chi connectivity index (χ0v) is 19.7. The van der Waals surface area contributed by atoms with E-state index in [9.17, 15) is 4.79 Å². The molecule has 4 aromatic carbocycles. The van der Waals surface area contributed by atoms with Gasteiger partial charge >= 0.3 is 0 Å². The van der Waals surface area contributed by atoms with Crippen LogP contribution in [0.2, 0.25) is 0 Å². The summed E-state index contributed by atoms with van der Waals surface area (Å²) in [4.78, 5) is 20.0. The van der Waals surface area contributed by atoms with E-state index in [0.29, 0.717) is 19.5 Å². The number of rotatable bonds is 6. The first kappa shape index (κ1) is 21.4. The fourth-order valence-corrected chi connectivity index (χ4v) is 5.14. The number of para-hydroxylation sites is 2. The Morgan fingerprint density at radius 2 is 1.60 bits per heavy atom. The standard InChI is InChI=1S/C30H27N3O2/c1-35-26-14-11-21(12-15-26)18-32-20-25(17-29(32)34)30-31-27-8-4-5-9-28(27)33(30)19-22-10-13-23-6-2-3-7-24(23)16-22/h2-16,25H,17-20H2,1H3. The monoisotopic (exact) mass is 461 g/mol. The number of benzene rings is 4. The average molecular weight is 462 g/mol. The van der Waals surface area contributed by atoms with Crippen LogP contribution < -0.4 is 4.74 Å². The molecule has 2 heterocycles. The van der Waals surface area contributed by atoms with E-state index in [1.54, 1.807) is 7.11 Å². The van der Waals surface area contributed by atoms with Crippen LogP contribution in [0.4, 0.5) is 0 Å². The molecule has 1 fully saturated rings. The lowest BCUT2D eigenvalue weighted by molar-refractivity contribution is -0.128. The Labute approximate surface area is 204 Å². The van der Waals surface area contributed by atoms with Crippen molar-refractivity contribution in [2.24, 2.45) is 0 Å². The molecule has 35 heavy (non-hydrogen) atoms. The molecule has 1 aliphatic heterocycles. The molecule has 0 aliphatic carbocycles. The van der Waals surface area contributed by atoms with Gasteiger partial charge in [-0.15, -0.1) is 0 Å². The van der Waals surface area contributed by atoms with Crippen molar-refractivity contribution in [1.82, 2.24) is 14.5 Å². The molecule has 5 aromatic rings. The average Bonchev–Trinajstić information content (AvgIpc) is 3.44. The number of hydrogen-bond donors (Lipinski definition) is 0. The van der Waals surface area contributed by atoms with Crippen molar-refractivity contribution in [1.29, 1.82) is 0 Å². The number of ether oxygens (including phenoxy) is 1. The number of likely N-dealkylation sites (tertiary alicyclic amines) is 1. The van der Waals surface area contributed by atoms with Crippen LogP contribution in [0.3, 0.4) is 0 Å². The van der Waals surface area contributed by atoms with E-state index in [1.807, 2.05) is 35.2 Å². The Hall–Kier alpha value is -4.12. The lowest BCUT2D eigenvalue weighted by atomic mass is 10.1. The third kappa shape index (κ3) is 4.14. The van der Waals surface area contributed by atoms with Gasteiger partial charge in [0.05, 0.1) is 18.1 Å². The normalized spacial score (nSPS) is 15.9. The number of hydrogen-bond acceptors (Lipinski definition) is 3. The lowest BCUT2D eigenvalue weighted by Gasteiger charge is -2.18. The number of fused-ring (bicyclic) bond motifs is 2. The van der Waals surface area contributed by atoms with E-state index < -0.39 is 0 Å². The predicted molar refractivity (Wildman–Crippen MR) is 139 cm³/mol. The highest BCUT2D eigenvalue weighted by atomic mass is 16.5. The number of methoxy groups -OCH3 is 1. The zero-order valence-electron chi connectivity index (χ0n) is 19.7. The maximum Gasteiger partial charge on any atom is 0.223 e. The summed E-state index contributed by atoms with van der Waals surface area (Å²) >= 11 is 0. The van der Waals surface area contributed by atoms with Gasteiger partial charge in [0, 0.05) is 32.0 Å². The van der Waals surface area contributed by atoms with Crippen LogP contribution in [0, 0.1) is 0 Å². The van der Waals surface area contributed by atoms with Gasteiger partial charge in [-0.3, -0.25) is 4.79 Å². The first-order chi connectivity index (χ1) is 17.2. The highest BCUT2D eigenvalue weighted by Crippen LogP contribution is 2.32. The minimum atomic E-state index is 0.0635. The number of carbonyl (C=O) groups is 1. The number of imidazole rings is 1. The molecule has 1 unspecified atom stereocenters. The summed E-state index contributed by atoms with van der Waals surface area (Å²) in [5.74, 6) is 2.05. The second kappa shape index (κ2) is 8.91. The number of aromatic nitrogens is 2. The fourth-order valence-electron chi connectivity index (χ4n) is 5.14. The Kier molecular flexibility index (Phi) is 5.45. The van der Waals surface area contributed by atoms with Gasteiger partial charge in [-0.2, -0.15) is 0 Å². The molecule has 1 aromatic heterocycles. The van der Waals surface area contributed by atoms with Crippen molar-refractivity contribution in [3.05, 3.63) is 108 Å². The van der Waals surface area contributed by atoms with Gasteiger partial charge < -0.3 is 14.2 Å². The third-order valence-electron chi connectivity index (χ3n) is 6.95. The van der Waals surface area contributed by atoms with Crippen LogP contribution in [0.15, 0.2) is 91.0 Å². The lowest BCUT2D eigenvalue weighted by Crippen LogP contribution is -2.24. The van der Waals surface area contributed by atoms with Crippen LogP contribution >= 0.6 is 0 Å². The van der Waals surface area contributed by atoms with Crippen molar-refractivity contribution in [3.63, 3.8) is 0 Å². The number of nitrogens with zero attached hydrogens (tertiary/aromatic N) is 3. The van der Waals surface area contributed by atoms with E-state index in [0.717, 1.165) is 34.7 Å². The quantitative estimate of drug-likeness (QED) is 0.323. The van der Waals surface area contributed by atoms with E-state index in [4.69, 9.17) is 9.72 Å². The van der Waals surface area contributed by atoms with Crippen molar-refractivity contribution < 1.29 is 9.53 Å². The summed E-state index contributed by atoms with van der Waals surface area (Å²) < 4.78 is 7.56. The maximum absolute atomic E-state index is 13.0. The summed E-state index contributed by atoms with van der Waals surface area (Å²) in [7, 11) is 1.66. The van der Waals surface area contributed by atoms with Gasteiger partial charge in [0.1, 0.15) is 11.6 Å². The highest BCUT2D eigenvalue weighted by Gasteiger charge is 2.34. The molecule has 1 amide bonds. The van der Waals surface area contributed by atoms with Gasteiger partial charge in [-0.05, 0) is 52.2 Å². The van der Waals surface area contributed by atoms with Gasteiger partial charge in [0.2, 0.25) is 5.91 Å². The van der Waals surface area contributed by atoms with Crippen molar-refractivity contribution in [2.75, 3.05) is 13.7 Å². The number of carbonyl (C=O) groups excluding carboxylic acids is 1. The summed E-state index contributed by atoms with van der Waals surface area (Å²) in [5, 5.41) is 2.47. The van der Waals surface area contributed by atoms with Crippen molar-refractivity contribution in [3.8, 4) is 5.75 Å². The maximum atomic E-state index is 13.0. The summed E-state index contributed by atoms with van der Waals surface area (Å²) in [6.07, 6.45) is 0.483. The molecule has 5 heteroatoms. The second-order valence-corrected chi connectivity index (χ2v) is 9.25. The molecular formula is C30H27N3O2. The molecule has 5 nitrogen and oxygen atoms in total. The van der Waals surface area contributed by atoms with E-state index in [1.165, 1.54) is 16.3 Å². The van der Waals surface area contributed by atoms with Crippen LogP contribution in [-0.2, 0) is 17.9 Å². The Balaban J connectivity index is 1.30. The summed E-state index contributed by atoms with van der Waals surface area (Å²) in [6, 6.07) is 31.2. The molecule has 0 radical (unpaired) electrons. The first-order valence-corrected chi connectivity index (χ1v) is 12.0. The van der Waals surface area contributed by atoms with E-state index in [2.05, 4.69) is 65.2 Å². The highest BCUT2D eigenvalue weighted by molar-refractivity contribution is 5.83. The van der Waals surface area contributed by atoms with Gasteiger partial charge in [-0.1, -0.05) is 60.7 Å². The first-order valence-electron chi connectivity index (χ1n) is 12.0. The molecule has 1 atom stereocenters. The van der Waals surface area contributed by atoms with Gasteiger partial charge in [-0.25, -0.2) is 4.98 Å². The van der Waals surface area contributed by atoms with Gasteiger partial charge in [0.15, 0.2) is 0 Å². The number of amides is 1. The molecule has 0 saturated carbocycles. The Morgan fingerprint density at radius 1 is 0.857 bits per heavy atom. The van der Waals surface area contributed by atoms with E-state index in [-0.39, 0.29) is 11.8 Å². The second-order valence-electron chi connectivity index (χ2n) is 9.25. The largest absolute Gasteiger partial charge is 0.497 e. The fraction of sp³-hybridized carbons (Fsp3) is 0.200. The molecule has 0 N–H and O–H groups in total. The van der Waals surface area contributed by atoms with Crippen LogP contribution in [0.25, 0.3) is 21.8 Å². The molecule has 0 spiro atoms. The molecule has 1 saturated heterocycles. The minimum Gasteiger partial charge on any atom is -0.497 e. The summed E-state index contributed by atoms with van der Waals surface area (Å²) in [6.45, 7) is 2.00. The molecule has 6 rings (SSSR count). The Bertz CT molecular complexity index is 1520. The molecule has 174 valence electrons. The smallest absolute Gasteiger partial charge is 0.223 e. The third-order valence-corrected chi connectivity index (χ3v) is 6.95. The van der Waals surface area contributed by atoms with Crippen LogP contribution in [0.1, 0.15) is 29.3 Å². The Morgan fingerprint density at radius 3 is 2.43 bits per heavy atom. The van der Waals surface area contributed by atoms with Crippen molar-refractivity contribution >= 4 is 27.7 Å². The predicted octanol–water partition coefficient (Wildman–Crippen LogP) is 5.76. The van der Waals surface area contributed by atoms with Gasteiger partial charge in [0.25, 0.3) is 0 Å². The SMILES string of the molecule is COc1ccc(CN2CC(c3nc4ccccc4n3Cc3ccc4ccccc4c3)CC2=O)cc1. The molecule has 0 bridgehead atoms. The van der Waals surface area contributed by atoms with Crippen molar-refractivity contribution in [2.45, 2.75) is 25.4 Å². The minimum absolute atomic E-state index is 0.0635. The van der Waals surface area contributed by atoms with Crippen LogP contribution in [0.5, 0.6) is 5.75 Å². The van der Waals surface area contributed by atoms with Crippen LogP contribution in [-0.4, -0.2) is 34.0 Å². The zero-order chi connectivity index (χ0) is 23.8. The van der Waals surface area contributed by atoms with E-state index >= 15 is 0 Å². The topological polar surface area (TPSA) is 47.4 Å². The summed E-state index contributed by atoms with van der Waals surface area (Å²) in [5.41, 5.74) is 4.41.